The number of rotatable bonds is 6. The minimum absolute atomic E-state index is 0. The molecule has 0 rings (SSSR count). The lowest BCUT2D eigenvalue weighted by Gasteiger charge is -2.03. The summed E-state index contributed by atoms with van der Waals surface area (Å²) in [6, 6.07) is 0. The number of hydrogen-bond acceptors (Lipinski definition) is 2. The molecule has 1 atom stereocenters. The van der Waals surface area contributed by atoms with Crippen molar-refractivity contribution in [3.8, 4) is 0 Å². The molecular weight excluding hydrogens is 156 g/mol. The zero-order valence-electron chi connectivity index (χ0n) is 6.92. The predicted molar refractivity (Wildman–Crippen MR) is 49.1 cm³/mol. The number of carboxylic acid groups (broad SMARTS) is 1. The number of aliphatic hydroxyl groups is 1. The molecule has 0 aliphatic rings. The monoisotopic (exact) mass is 176 g/mol. The van der Waals surface area contributed by atoms with Gasteiger partial charge in [0.15, 0.2) is 6.10 Å². The van der Waals surface area contributed by atoms with Crippen molar-refractivity contribution in [2.24, 2.45) is 0 Å². The van der Waals surface area contributed by atoms with Crippen molar-refractivity contribution in [1.82, 2.24) is 0 Å². The molecule has 0 aromatic carbocycles. The van der Waals surface area contributed by atoms with E-state index in [0.717, 1.165) is 25.7 Å². The molecule has 3 nitrogen and oxygen atoms in total. The van der Waals surface area contributed by atoms with Gasteiger partial charge in [-0.2, -0.15) is 0 Å². The zero-order chi connectivity index (χ0) is 8.69. The minimum Gasteiger partial charge on any atom is -0.479 e. The summed E-state index contributed by atoms with van der Waals surface area (Å²) in [5.74, 6) is -1.11. The van der Waals surface area contributed by atoms with Crippen molar-refractivity contribution in [2.45, 2.75) is 52.6 Å². The number of aliphatic carboxylic acids is 1. The largest absolute Gasteiger partial charge is 0.479 e. The lowest BCUT2D eigenvalue weighted by molar-refractivity contribution is -0.146. The third kappa shape index (κ3) is 7.54. The van der Waals surface area contributed by atoms with Crippen LogP contribution in [0.3, 0.4) is 0 Å². The standard InChI is InChI=1S/C8H16O3.CH4/c1-2-3-4-5-6-7(9)8(10)11;/h7,9H,2-6H2,1H3,(H,10,11);1H4. The van der Waals surface area contributed by atoms with Crippen molar-refractivity contribution in [1.29, 1.82) is 0 Å². The maximum Gasteiger partial charge on any atom is 0.332 e. The maximum absolute atomic E-state index is 10.1. The molecule has 0 aromatic heterocycles. The van der Waals surface area contributed by atoms with Gasteiger partial charge < -0.3 is 10.2 Å². The zero-order valence-corrected chi connectivity index (χ0v) is 6.92. The van der Waals surface area contributed by atoms with E-state index in [4.69, 9.17) is 10.2 Å². The van der Waals surface area contributed by atoms with Crippen LogP contribution in [0.15, 0.2) is 0 Å². The van der Waals surface area contributed by atoms with E-state index in [9.17, 15) is 4.79 Å². The molecule has 0 radical (unpaired) electrons. The summed E-state index contributed by atoms with van der Waals surface area (Å²) < 4.78 is 0. The smallest absolute Gasteiger partial charge is 0.332 e. The van der Waals surface area contributed by atoms with Crippen LogP contribution in [-0.4, -0.2) is 22.3 Å². The topological polar surface area (TPSA) is 57.5 Å². The lowest BCUT2D eigenvalue weighted by atomic mass is 10.1. The fraction of sp³-hybridized carbons (Fsp3) is 0.889. The molecule has 74 valence electrons. The van der Waals surface area contributed by atoms with E-state index >= 15 is 0 Å². The van der Waals surface area contributed by atoms with Crippen LogP contribution in [0.4, 0.5) is 0 Å². The van der Waals surface area contributed by atoms with Gasteiger partial charge in [0.05, 0.1) is 0 Å². The highest BCUT2D eigenvalue weighted by Crippen LogP contribution is 2.05. The third-order valence-electron chi connectivity index (χ3n) is 1.62. The molecule has 3 heteroatoms. The van der Waals surface area contributed by atoms with Crippen molar-refractivity contribution in [3.63, 3.8) is 0 Å². The van der Waals surface area contributed by atoms with Crippen molar-refractivity contribution in [3.05, 3.63) is 0 Å². The van der Waals surface area contributed by atoms with Gasteiger partial charge in [0.25, 0.3) is 0 Å². The van der Waals surface area contributed by atoms with Crippen molar-refractivity contribution >= 4 is 5.97 Å². The second-order valence-electron chi connectivity index (χ2n) is 2.70. The first-order valence-corrected chi connectivity index (χ1v) is 4.09. The molecule has 0 heterocycles. The SMILES string of the molecule is C.CCCCCCC(O)C(=O)O. The van der Waals surface area contributed by atoms with Crippen molar-refractivity contribution < 1.29 is 15.0 Å². The van der Waals surface area contributed by atoms with E-state index in [2.05, 4.69) is 6.92 Å². The Morgan fingerprint density at radius 2 is 1.92 bits per heavy atom. The molecule has 2 N–H and O–H groups in total. The van der Waals surface area contributed by atoms with Crippen LogP contribution >= 0.6 is 0 Å². The van der Waals surface area contributed by atoms with Gasteiger partial charge in [-0.1, -0.05) is 40.0 Å². The van der Waals surface area contributed by atoms with E-state index in [-0.39, 0.29) is 7.43 Å². The van der Waals surface area contributed by atoms with Gasteiger partial charge in [-0.15, -0.1) is 0 Å². The fourth-order valence-corrected chi connectivity index (χ4v) is 0.888. The average molecular weight is 176 g/mol. The number of carbonyl (C=O) groups is 1. The van der Waals surface area contributed by atoms with Gasteiger partial charge in [-0.05, 0) is 6.42 Å². The molecule has 0 saturated heterocycles. The third-order valence-corrected chi connectivity index (χ3v) is 1.62. The molecule has 0 bridgehead atoms. The Balaban J connectivity index is 0. The highest BCUT2D eigenvalue weighted by atomic mass is 16.4. The molecule has 0 saturated carbocycles. The number of hydrogen-bond donors (Lipinski definition) is 2. The summed E-state index contributed by atoms with van der Waals surface area (Å²) in [4.78, 5) is 10.1. The Morgan fingerprint density at radius 3 is 2.33 bits per heavy atom. The van der Waals surface area contributed by atoms with Gasteiger partial charge >= 0.3 is 5.97 Å². The molecule has 0 aromatic rings. The van der Waals surface area contributed by atoms with Crippen LogP contribution in [0, 0.1) is 0 Å². The van der Waals surface area contributed by atoms with Gasteiger partial charge in [0.2, 0.25) is 0 Å². The van der Waals surface area contributed by atoms with Gasteiger partial charge in [0, 0.05) is 0 Å². The molecule has 0 amide bonds. The van der Waals surface area contributed by atoms with Gasteiger partial charge in [-0.25, -0.2) is 4.79 Å². The Bertz CT molecular complexity index is 112. The molecule has 1 unspecified atom stereocenters. The first kappa shape index (κ1) is 14.0. The average Bonchev–Trinajstić information content (AvgIpc) is 1.97. The summed E-state index contributed by atoms with van der Waals surface area (Å²) in [7, 11) is 0. The molecule has 12 heavy (non-hydrogen) atoms. The van der Waals surface area contributed by atoms with E-state index in [1.54, 1.807) is 0 Å². The van der Waals surface area contributed by atoms with Crippen LogP contribution in [0.1, 0.15) is 46.5 Å². The minimum atomic E-state index is -1.16. The first-order valence-electron chi connectivity index (χ1n) is 4.09. The maximum atomic E-state index is 10.1. The van der Waals surface area contributed by atoms with E-state index in [1.165, 1.54) is 0 Å². The van der Waals surface area contributed by atoms with Gasteiger partial charge in [-0.3, -0.25) is 0 Å². The molecular formula is C9H20O3. The molecule has 0 aliphatic carbocycles. The highest BCUT2D eigenvalue weighted by Gasteiger charge is 2.11. The molecule has 0 aliphatic heterocycles. The molecule has 0 fully saturated rings. The highest BCUT2D eigenvalue weighted by molar-refractivity contribution is 5.71. The predicted octanol–water partition coefficient (Wildman–Crippen LogP) is 2.04. The quantitative estimate of drug-likeness (QED) is 0.609. The van der Waals surface area contributed by atoms with E-state index in [0.29, 0.717) is 6.42 Å². The second kappa shape index (κ2) is 8.53. The van der Waals surface area contributed by atoms with E-state index < -0.39 is 12.1 Å². The van der Waals surface area contributed by atoms with Crippen LogP contribution in [0.5, 0.6) is 0 Å². The lowest BCUT2D eigenvalue weighted by Crippen LogP contribution is -2.18. The van der Waals surface area contributed by atoms with E-state index in [1.807, 2.05) is 0 Å². The van der Waals surface area contributed by atoms with Crippen LogP contribution in [-0.2, 0) is 4.79 Å². The first-order chi connectivity index (χ1) is 5.18. The van der Waals surface area contributed by atoms with Crippen LogP contribution in [0.25, 0.3) is 0 Å². The Labute approximate surface area is 74.4 Å². The summed E-state index contributed by atoms with van der Waals surface area (Å²) in [6.07, 6.45) is 3.29. The summed E-state index contributed by atoms with van der Waals surface area (Å²) >= 11 is 0. The Kier molecular flexibility index (Phi) is 9.93. The Hall–Kier alpha value is -0.570. The van der Waals surface area contributed by atoms with Gasteiger partial charge in [0.1, 0.15) is 0 Å². The normalized spacial score (nSPS) is 11.8. The van der Waals surface area contributed by atoms with Crippen LogP contribution < -0.4 is 0 Å². The number of aliphatic hydroxyl groups excluding tert-OH is 1. The van der Waals surface area contributed by atoms with Crippen LogP contribution in [0.2, 0.25) is 0 Å². The number of carboxylic acids is 1. The summed E-state index contributed by atoms with van der Waals surface area (Å²) in [6.45, 7) is 2.09. The molecule has 0 spiro atoms. The number of unbranched alkanes of at least 4 members (excludes halogenated alkanes) is 3. The fourth-order valence-electron chi connectivity index (χ4n) is 0.888. The Morgan fingerprint density at radius 1 is 1.33 bits per heavy atom. The second-order valence-corrected chi connectivity index (χ2v) is 2.70. The van der Waals surface area contributed by atoms with Crippen molar-refractivity contribution in [2.75, 3.05) is 0 Å². The summed E-state index contributed by atoms with van der Waals surface area (Å²) in [5.41, 5.74) is 0. The summed E-state index contributed by atoms with van der Waals surface area (Å²) in [5, 5.41) is 17.1.